The highest BCUT2D eigenvalue weighted by molar-refractivity contribution is 6.34. The average molecular weight is 267 g/mol. The molecule has 1 amide bonds. The van der Waals surface area contributed by atoms with E-state index in [2.05, 4.69) is 17.5 Å². The molecule has 0 aliphatic rings. The Kier molecular flexibility index (Phi) is 6.44. The van der Waals surface area contributed by atoms with Crippen LogP contribution in [-0.2, 0) is 4.79 Å². The SMILES string of the molecule is CCCCCC(=O)N/N=C(\C)c1ccccc1Cl. The predicted molar refractivity (Wildman–Crippen MR) is 75.9 cm³/mol. The van der Waals surface area contributed by atoms with Crippen molar-refractivity contribution in [2.75, 3.05) is 0 Å². The molecule has 0 aliphatic heterocycles. The van der Waals surface area contributed by atoms with Gasteiger partial charge < -0.3 is 0 Å². The van der Waals surface area contributed by atoms with Gasteiger partial charge in [-0.15, -0.1) is 0 Å². The van der Waals surface area contributed by atoms with Crippen molar-refractivity contribution in [3.05, 3.63) is 34.9 Å². The van der Waals surface area contributed by atoms with E-state index in [1.807, 2.05) is 25.1 Å². The Bertz CT molecular complexity index is 430. The molecular formula is C14H19ClN2O. The van der Waals surface area contributed by atoms with Crippen molar-refractivity contribution in [1.29, 1.82) is 0 Å². The number of benzene rings is 1. The van der Waals surface area contributed by atoms with Crippen molar-refractivity contribution < 1.29 is 4.79 Å². The number of unbranched alkanes of at least 4 members (excludes halogenated alkanes) is 2. The first-order chi connectivity index (χ1) is 8.65. The van der Waals surface area contributed by atoms with Gasteiger partial charge in [0.1, 0.15) is 0 Å². The lowest BCUT2D eigenvalue weighted by atomic mass is 10.1. The van der Waals surface area contributed by atoms with E-state index in [-0.39, 0.29) is 5.91 Å². The summed E-state index contributed by atoms with van der Waals surface area (Å²) in [6.07, 6.45) is 3.60. The molecule has 0 radical (unpaired) electrons. The minimum atomic E-state index is -0.0464. The second-order valence-electron chi connectivity index (χ2n) is 4.17. The van der Waals surface area contributed by atoms with Gasteiger partial charge >= 0.3 is 0 Å². The summed E-state index contributed by atoms with van der Waals surface area (Å²) in [7, 11) is 0. The van der Waals surface area contributed by atoms with E-state index < -0.39 is 0 Å². The molecule has 1 aromatic rings. The standard InChI is InChI=1S/C14H19ClN2O/c1-3-4-5-10-14(18)17-16-11(2)12-8-6-7-9-13(12)15/h6-9H,3-5,10H2,1-2H3,(H,17,18)/b16-11+. The number of hydrazone groups is 1. The second kappa shape index (κ2) is 7.88. The van der Waals surface area contributed by atoms with Crippen LogP contribution in [0.15, 0.2) is 29.4 Å². The molecule has 1 aromatic carbocycles. The van der Waals surface area contributed by atoms with E-state index in [9.17, 15) is 4.79 Å². The Labute approximate surface area is 113 Å². The van der Waals surface area contributed by atoms with Crippen molar-refractivity contribution in [2.45, 2.75) is 39.5 Å². The van der Waals surface area contributed by atoms with Crippen LogP contribution < -0.4 is 5.43 Å². The smallest absolute Gasteiger partial charge is 0.240 e. The van der Waals surface area contributed by atoms with Crippen molar-refractivity contribution in [1.82, 2.24) is 5.43 Å². The molecule has 0 heterocycles. The number of halogens is 1. The Morgan fingerprint density at radius 3 is 2.72 bits per heavy atom. The van der Waals surface area contributed by atoms with Crippen LogP contribution in [0.3, 0.4) is 0 Å². The minimum Gasteiger partial charge on any atom is -0.273 e. The summed E-state index contributed by atoms with van der Waals surface area (Å²) < 4.78 is 0. The largest absolute Gasteiger partial charge is 0.273 e. The lowest BCUT2D eigenvalue weighted by Gasteiger charge is -2.04. The number of nitrogens with one attached hydrogen (secondary N) is 1. The van der Waals surface area contributed by atoms with Crippen LogP contribution in [0.5, 0.6) is 0 Å². The maximum absolute atomic E-state index is 11.5. The van der Waals surface area contributed by atoms with E-state index in [1.165, 1.54) is 0 Å². The van der Waals surface area contributed by atoms with Gasteiger partial charge in [-0.05, 0) is 19.4 Å². The third-order valence-corrected chi connectivity index (χ3v) is 2.95. The molecule has 0 aliphatic carbocycles. The van der Waals surface area contributed by atoms with Crippen molar-refractivity contribution in [3.8, 4) is 0 Å². The highest BCUT2D eigenvalue weighted by atomic mass is 35.5. The fraction of sp³-hybridized carbons (Fsp3) is 0.429. The number of hydrogen-bond acceptors (Lipinski definition) is 2. The molecule has 0 atom stereocenters. The van der Waals surface area contributed by atoms with Gasteiger partial charge in [0.2, 0.25) is 5.91 Å². The zero-order valence-corrected chi connectivity index (χ0v) is 11.6. The van der Waals surface area contributed by atoms with Gasteiger partial charge in [0.25, 0.3) is 0 Å². The molecule has 3 nitrogen and oxygen atoms in total. The average Bonchev–Trinajstić information content (AvgIpc) is 2.37. The summed E-state index contributed by atoms with van der Waals surface area (Å²) in [5, 5.41) is 4.70. The molecule has 0 saturated heterocycles. The summed E-state index contributed by atoms with van der Waals surface area (Å²) in [5.74, 6) is -0.0464. The third-order valence-electron chi connectivity index (χ3n) is 2.62. The topological polar surface area (TPSA) is 41.5 Å². The summed E-state index contributed by atoms with van der Waals surface area (Å²) in [6, 6.07) is 7.44. The molecule has 1 rings (SSSR count). The Morgan fingerprint density at radius 2 is 2.06 bits per heavy atom. The summed E-state index contributed by atoms with van der Waals surface area (Å²) in [4.78, 5) is 11.5. The van der Waals surface area contributed by atoms with Crippen LogP contribution in [0.2, 0.25) is 5.02 Å². The van der Waals surface area contributed by atoms with E-state index >= 15 is 0 Å². The Balaban J connectivity index is 2.52. The Morgan fingerprint density at radius 1 is 1.33 bits per heavy atom. The lowest BCUT2D eigenvalue weighted by molar-refractivity contribution is -0.121. The van der Waals surface area contributed by atoms with Crippen molar-refractivity contribution in [3.63, 3.8) is 0 Å². The number of rotatable bonds is 6. The van der Waals surface area contributed by atoms with E-state index in [4.69, 9.17) is 11.6 Å². The summed E-state index contributed by atoms with van der Waals surface area (Å²) in [6.45, 7) is 3.94. The molecule has 0 spiro atoms. The first kappa shape index (κ1) is 14.7. The van der Waals surface area contributed by atoms with Crippen LogP contribution in [0.4, 0.5) is 0 Å². The molecule has 1 N–H and O–H groups in total. The highest BCUT2D eigenvalue weighted by Crippen LogP contribution is 2.15. The maximum atomic E-state index is 11.5. The summed E-state index contributed by atoms with van der Waals surface area (Å²) >= 11 is 6.04. The molecule has 18 heavy (non-hydrogen) atoms. The molecule has 0 aromatic heterocycles. The lowest BCUT2D eigenvalue weighted by Crippen LogP contribution is -2.18. The van der Waals surface area contributed by atoms with Crippen LogP contribution in [0, 0.1) is 0 Å². The number of carbonyl (C=O) groups excluding carboxylic acids is 1. The molecule has 0 saturated carbocycles. The second-order valence-corrected chi connectivity index (χ2v) is 4.58. The van der Waals surface area contributed by atoms with Crippen LogP contribution in [-0.4, -0.2) is 11.6 Å². The maximum Gasteiger partial charge on any atom is 0.240 e. The first-order valence-corrected chi connectivity index (χ1v) is 6.61. The fourth-order valence-corrected chi connectivity index (χ4v) is 1.82. The van der Waals surface area contributed by atoms with Gasteiger partial charge in [0.15, 0.2) is 0 Å². The third kappa shape index (κ3) is 4.88. The fourth-order valence-electron chi connectivity index (χ4n) is 1.55. The zero-order chi connectivity index (χ0) is 13.4. The molecule has 4 heteroatoms. The number of hydrogen-bond donors (Lipinski definition) is 1. The first-order valence-electron chi connectivity index (χ1n) is 6.23. The number of amides is 1. The molecular weight excluding hydrogens is 248 g/mol. The minimum absolute atomic E-state index is 0.0464. The predicted octanol–water partition coefficient (Wildman–Crippen LogP) is 3.76. The number of nitrogens with zero attached hydrogens (tertiary/aromatic N) is 1. The van der Waals surface area contributed by atoms with Crippen molar-refractivity contribution in [2.24, 2.45) is 5.10 Å². The van der Waals surface area contributed by atoms with Gasteiger partial charge in [-0.1, -0.05) is 49.6 Å². The highest BCUT2D eigenvalue weighted by Gasteiger charge is 2.03. The van der Waals surface area contributed by atoms with E-state index in [1.54, 1.807) is 6.07 Å². The summed E-state index contributed by atoms with van der Waals surface area (Å²) in [5.41, 5.74) is 4.11. The molecule has 0 bridgehead atoms. The van der Waals surface area contributed by atoms with E-state index in [0.29, 0.717) is 17.2 Å². The quantitative estimate of drug-likeness (QED) is 0.475. The Hall–Kier alpha value is -1.35. The molecule has 0 fully saturated rings. The van der Waals surface area contributed by atoms with E-state index in [0.717, 1.165) is 24.8 Å². The molecule has 0 unspecified atom stereocenters. The van der Waals surface area contributed by atoms with Crippen molar-refractivity contribution >= 4 is 23.2 Å². The van der Waals surface area contributed by atoms with Gasteiger partial charge in [-0.2, -0.15) is 5.10 Å². The molecule has 98 valence electrons. The number of carbonyl (C=O) groups is 1. The van der Waals surface area contributed by atoms with Crippen LogP contribution in [0.1, 0.15) is 45.1 Å². The van der Waals surface area contributed by atoms with Gasteiger partial charge in [0.05, 0.1) is 5.71 Å². The van der Waals surface area contributed by atoms with Crippen LogP contribution >= 0.6 is 11.6 Å². The van der Waals surface area contributed by atoms with Gasteiger partial charge in [0, 0.05) is 17.0 Å². The normalized spacial score (nSPS) is 11.4. The zero-order valence-electron chi connectivity index (χ0n) is 10.9. The van der Waals surface area contributed by atoms with Gasteiger partial charge in [-0.25, -0.2) is 5.43 Å². The van der Waals surface area contributed by atoms with Crippen LogP contribution in [0.25, 0.3) is 0 Å². The van der Waals surface area contributed by atoms with Gasteiger partial charge in [-0.3, -0.25) is 4.79 Å². The monoisotopic (exact) mass is 266 g/mol.